The van der Waals surface area contributed by atoms with Gasteiger partial charge in [0.05, 0.1) is 53.5 Å². The average molecular weight is 564 g/mol. The summed E-state index contributed by atoms with van der Waals surface area (Å²) in [5, 5.41) is 12.4. The van der Waals surface area contributed by atoms with Crippen LogP contribution in [0.15, 0.2) is 48.7 Å². The second kappa shape index (κ2) is 10.8. The van der Waals surface area contributed by atoms with Crippen LogP contribution in [0.4, 0.5) is 18.3 Å². The van der Waals surface area contributed by atoms with Gasteiger partial charge in [-0.25, -0.2) is 18.2 Å². The van der Waals surface area contributed by atoms with Crippen molar-refractivity contribution in [3.63, 3.8) is 0 Å². The first-order valence-corrected chi connectivity index (χ1v) is 12.7. The SMILES string of the molecule is COc1ccc(C#N)cc1-c1cc(C)ncc1C(=O)Nc1nc2c(s1)CN(C(=O)c1ccc(C(F)F)cc1F)C2. The Hall–Kier alpha value is -4.76. The summed E-state index contributed by atoms with van der Waals surface area (Å²) in [5.41, 5.74) is 2.13. The number of aryl methyl sites for hydroxylation is 1. The lowest BCUT2D eigenvalue weighted by molar-refractivity contribution is 0.0745. The number of ether oxygens (including phenoxy) is 1. The minimum atomic E-state index is -2.84. The number of thiazole rings is 1. The van der Waals surface area contributed by atoms with Crippen molar-refractivity contribution in [3.8, 4) is 22.9 Å². The van der Waals surface area contributed by atoms with E-state index >= 15 is 0 Å². The van der Waals surface area contributed by atoms with Gasteiger partial charge in [-0.3, -0.25) is 19.9 Å². The van der Waals surface area contributed by atoms with Crippen molar-refractivity contribution in [3.05, 3.63) is 93.0 Å². The van der Waals surface area contributed by atoms with Crippen LogP contribution in [0.1, 0.15) is 54.5 Å². The Morgan fingerprint density at radius 2 is 1.93 bits per heavy atom. The van der Waals surface area contributed by atoms with Gasteiger partial charge in [0, 0.05) is 28.6 Å². The van der Waals surface area contributed by atoms with E-state index in [4.69, 9.17) is 4.74 Å². The summed E-state index contributed by atoms with van der Waals surface area (Å²) in [4.78, 5) is 36.9. The fourth-order valence-electron chi connectivity index (χ4n) is 4.36. The standard InChI is InChI=1S/C28H20F3N5O3S/c1-14-7-18(19-8-15(10-32)3-6-23(19)39-2)20(11-33-14)26(37)35-28-34-22-12-36(13-24(22)40-28)27(38)17-5-4-16(25(30)31)9-21(17)29/h3-9,11,25H,12-13H2,1-2H3,(H,34,35,37). The maximum absolute atomic E-state index is 14.3. The normalized spacial score (nSPS) is 12.3. The van der Waals surface area contributed by atoms with Crippen LogP contribution in [0.25, 0.3) is 11.1 Å². The minimum absolute atomic E-state index is 0.0755. The molecule has 202 valence electrons. The molecule has 4 aromatic rings. The largest absolute Gasteiger partial charge is 0.496 e. The molecule has 0 bridgehead atoms. The van der Waals surface area contributed by atoms with Crippen molar-refractivity contribution < 1.29 is 27.5 Å². The molecule has 1 aliphatic heterocycles. The van der Waals surface area contributed by atoms with Crippen LogP contribution >= 0.6 is 11.3 Å². The quantitative estimate of drug-likeness (QED) is 0.314. The maximum Gasteiger partial charge on any atom is 0.263 e. The van der Waals surface area contributed by atoms with E-state index in [1.165, 1.54) is 29.5 Å². The highest BCUT2D eigenvalue weighted by atomic mass is 32.1. The van der Waals surface area contributed by atoms with Gasteiger partial charge in [0.25, 0.3) is 18.2 Å². The van der Waals surface area contributed by atoms with E-state index < -0.39 is 29.6 Å². The number of aromatic nitrogens is 2. The van der Waals surface area contributed by atoms with E-state index in [2.05, 4.69) is 21.4 Å². The van der Waals surface area contributed by atoms with Crippen LogP contribution in [0.3, 0.4) is 0 Å². The van der Waals surface area contributed by atoms with Gasteiger partial charge >= 0.3 is 0 Å². The number of alkyl halides is 2. The van der Waals surface area contributed by atoms with Crippen LogP contribution in [-0.2, 0) is 13.1 Å². The molecule has 2 aromatic heterocycles. The summed E-state index contributed by atoms with van der Waals surface area (Å²) in [6.45, 7) is 1.99. The summed E-state index contributed by atoms with van der Waals surface area (Å²) in [7, 11) is 1.50. The van der Waals surface area contributed by atoms with Gasteiger partial charge in [0.15, 0.2) is 5.13 Å². The molecule has 0 saturated carbocycles. The van der Waals surface area contributed by atoms with Crippen molar-refractivity contribution in [2.24, 2.45) is 0 Å². The van der Waals surface area contributed by atoms with Gasteiger partial charge < -0.3 is 9.64 Å². The number of hydrogen-bond acceptors (Lipinski definition) is 7. The summed E-state index contributed by atoms with van der Waals surface area (Å²) < 4.78 is 45.4. The molecule has 0 unspecified atom stereocenters. The van der Waals surface area contributed by atoms with Gasteiger partial charge in [0.2, 0.25) is 0 Å². The summed E-state index contributed by atoms with van der Waals surface area (Å²) in [6, 6.07) is 11.5. The number of carbonyl (C=O) groups is 2. The number of anilines is 1. The molecular formula is C28H20F3N5O3S. The van der Waals surface area contributed by atoms with E-state index in [0.717, 1.165) is 12.1 Å². The minimum Gasteiger partial charge on any atom is -0.496 e. The van der Waals surface area contributed by atoms with Crippen molar-refractivity contribution >= 4 is 28.3 Å². The second-order valence-electron chi connectivity index (χ2n) is 8.94. The number of nitrogens with one attached hydrogen (secondary N) is 1. The Kier molecular flexibility index (Phi) is 7.23. The summed E-state index contributed by atoms with van der Waals surface area (Å²) >= 11 is 1.17. The number of fused-ring (bicyclic) bond motifs is 1. The molecule has 0 spiro atoms. The van der Waals surface area contributed by atoms with Crippen LogP contribution in [0, 0.1) is 24.1 Å². The number of methoxy groups -OCH3 is 1. The molecule has 1 N–H and O–H groups in total. The van der Waals surface area contributed by atoms with Crippen molar-refractivity contribution in [2.45, 2.75) is 26.4 Å². The molecule has 1 aliphatic rings. The highest BCUT2D eigenvalue weighted by molar-refractivity contribution is 7.16. The topological polar surface area (TPSA) is 108 Å². The number of amides is 2. The molecule has 12 heteroatoms. The number of hydrogen-bond donors (Lipinski definition) is 1. The fourth-order valence-corrected chi connectivity index (χ4v) is 5.35. The Morgan fingerprint density at radius 1 is 1.12 bits per heavy atom. The van der Waals surface area contributed by atoms with E-state index in [1.54, 1.807) is 31.2 Å². The molecule has 5 rings (SSSR count). The van der Waals surface area contributed by atoms with Crippen LogP contribution in [0.2, 0.25) is 0 Å². The Balaban J connectivity index is 1.35. The number of pyridine rings is 1. The third-order valence-corrected chi connectivity index (χ3v) is 7.34. The van der Waals surface area contributed by atoms with Crippen LogP contribution in [0.5, 0.6) is 5.75 Å². The van der Waals surface area contributed by atoms with E-state index in [1.807, 2.05) is 0 Å². The molecule has 0 aliphatic carbocycles. The highest BCUT2D eigenvalue weighted by Gasteiger charge is 2.30. The Labute approximate surface area is 230 Å². The van der Waals surface area contributed by atoms with Crippen LogP contribution < -0.4 is 10.1 Å². The molecule has 0 fully saturated rings. The molecular weight excluding hydrogens is 543 g/mol. The number of nitrogens with zero attached hydrogens (tertiary/aromatic N) is 4. The Bertz CT molecular complexity index is 1680. The lowest BCUT2D eigenvalue weighted by Gasteiger charge is -2.16. The molecule has 8 nitrogen and oxygen atoms in total. The monoisotopic (exact) mass is 563 g/mol. The van der Waals surface area contributed by atoms with Gasteiger partial charge in [-0.1, -0.05) is 17.4 Å². The second-order valence-corrected chi connectivity index (χ2v) is 10.0. The fraction of sp³-hybridized carbons (Fsp3) is 0.179. The molecule has 40 heavy (non-hydrogen) atoms. The number of benzene rings is 2. The molecule has 0 atom stereocenters. The zero-order valence-corrected chi connectivity index (χ0v) is 22.0. The predicted octanol–water partition coefficient (Wildman–Crippen LogP) is 5.88. The number of halogens is 3. The van der Waals surface area contributed by atoms with Crippen molar-refractivity contribution in [2.75, 3.05) is 12.4 Å². The first-order valence-electron chi connectivity index (χ1n) is 11.9. The van der Waals surface area contributed by atoms with E-state index in [0.29, 0.717) is 49.9 Å². The number of carbonyl (C=O) groups excluding carboxylic acids is 2. The smallest absolute Gasteiger partial charge is 0.263 e. The first-order chi connectivity index (χ1) is 19.2. The number of nitriles is 1. The van der Waals surface area contributed by atoms with Gasteiger partial charge in [-0.2, -0.15) is 5.26 Å². The highest BCUT2D eigenvalue weighted by Crippen LogP contribution is 2.36. The third kappa shape index (κ3) is 5.11. The summed E-state index contributed by atoms with van der Waals surface area (Å²) in [6.07, 6.45) is -1.40. The van der Waals surface area contributed by atoms with Crippen LogP contribution in [-0.4, -0.2) is 33.8 Å². The van der Waals surface area contributed by atoms with Crippen molar-refractivity contribution in [1.82, 2.24) is 14.9 Å². The molecule has 2 aromatic carbocycles. The van der Waals surface area contributed by atoms with Crippen molar-refractivity contribution in [1.29, 1.82) is 5.26 Å². The van der Waals surface area contributed by atoms with E-state index in [-0.39, 0.29) is 24.2 Å². The van der Waals surface area contributed by atoms with Gasteiger partial charge in [-0.15, -0.1) is 0 Å². The lowest BCUT2D eigenvalue weighted by atomic mass is 9.97. The first kappa shape index (κ1) is 26.8. The lowest BCUT2D eigenvalue weighted by Crippen LogP contribution is -2.26. The zero-order chi connectivity index (χ0) is 28.6. The van der Waals surface area contributed by atoms with E-state index in [9.17, 15) is 28.0 Å². The van der Waals surface area contributed by atoms with Gasteiger partial charge in [0.1, 0.15) is 11.6 Å². The molecule has 0 saturated heterocycles. The number of rotatable bonds is 6. The maximum atomic E-state index is 14.3. The average Bonchev–Trinajstić information content (AvgIpc) is 3.51. The summed E-state index contributed by atoms with van der Waals surface area (Å²) in [5.74, 6) is -1.65. The van der Waals surface area contributed by atoms with Gasteiger partial charge in [-0.05, 0) is 43.3 Å². The molecule has 2 amide bonds. The molecule has 0 radical (unpaired) electrons. The third-order valence-electron chi connectivity index (χ3n) is 6.34. The zero-order valence-electron chi connectivity index (χ0n) is 21.2. The Morgan fingerprint density at radius 3 is 2.60 bits per heavy atom. The molecule has 3 heterocycles. The predicted molar refractivity (Wildman–Crippen MR) is 141 cm³/mol.